The van der Waals surface area contributed by atoms with Crippen LogP contribution in [0.25, 0.3) is 0 Å². The van der Waals surface area contributed by atoms with Crippen LogP contribution >= 0.6 is 0 Å². The van der Waals surface area contributed by atoms with E-state index in [9.17, 15) is 4.79 Å². The normalized spacial score (nSPS) is 13.8. The molecule has 1 aromatic carbocycles. The van der Waals surface area contributed by atoms with E-state index >= 15 is 0 Å². The molecular formula is C14H21NO3. The van der Waals surface area contributed by atoms with Crippen molar-refractivity contribution in [2.75, 3.05) is 13.7 Å². The van der Waals surface area contributed by atoms with Crippen LogP contribution in [-0.4, -0.2) is 30.8 Å². The van der Waals surface area contributed by atoms with Gasteiger partial charge in [0.1, 0.15) is 5.75 Å². The number of aliphatic hydroxyl groups is 1. The van der Waals surface area contributed by atoms with Gasteiger partial charge in [0.25, 0.3) is 0 Å². The van der Waals surface area contributed by atoms with Gasteiger partial charge in [-0.1, -0.05) is 19.1 Å². The van der Waals surface area contributed by atoms with E-state index in [1.165, 1.54) is 0 Å². The maximum atomic E-state index is 11.6. The summed E-state index contributed by atoms with van der Waals surface area (Å²) in [5, 5.41) is 11.8. The number of hydrogen-bond acceptors (Lipinski definition) is 3. The lowest BCUT2D eigenvalue weighted by Crippen LogP contribution is -2.31. The first kappa shape index (κ1) is 14.5. The number of methoxy groups -OCH3 is 1. The Kier molecular flexibility index (Phi) is 5.65. The maximum Gasteiger partial charge on any atom is 0.220 e. The number of amides is 1. The molecule has 18 heavy (non-hydrogen) atoms. The molecule has 0 bridgehead atoms. The minimum atomic E-state index is -0.509. The first-order chi connectivity index (χ1) is 8.52. The van der Waals surface area contributed by atoms with E-state index in [4.69, 9.17) is 9.84 Å². The lowest BCUT2D eigenvalue weighted by Gasteiger charge is -2.13. The first-order valence-corrected chi connectivity index (χ1v) is 6.11. The van der Waals surface area contributed by atoms with Gasteiger partial charge in [-0.2, -0.15) is 0 Å². The number of aliphatic hydroxyl groups excluding tert-OH is 1. The summed E-state index contributed by atoms with van der Waals surface area (Å²) < 4.78 is 5.09. The minimum absolute atomic E-state index is 0.0424. The molecule has 2 atom stereocenters. The van der Waals surface area contributed by atoms with E-state index in [-0.39, 0.29) is 11.8 Å². The molecule has 0 saturated carbocycles. The lowest BCUT2D eigenvalue weighted by atomic mass is 9.97. The van der Waals surface area contributed by atoms with Crippen LogP contribution in [0, 0.1) is 0 Å². The Hall–Kier alpha value is -1.55. The van der Waals surface area contributed by atoms with Gasteiger partial charge < -0.3 is 15.2 Å². The summed E-state index contributed by atoms with van der Waals surface area (Å²) in [5.41, 5.74) is 1.10. The van der Waals surface area contributed by atoms with Crippen LogP contribution in [0.2, 0.25) is 0 Å². The Morgan fingerprint density at radius 1 is 1.33 bits per heavy atom. The molecule has 4 heteroatoms. The van der Waals surface area contributed by atoms with Crippen LogP contribution < -0.4 is 10.1 Å². The summed E-state index contributed by atoms with van der Waals surface area (Å²) in [6, 6.07) is 7.70. The zero-order chi connectivity index (χ0) is 13.5. The Bertz CT molecular complexity index is 373. The van der Waals surface area contributed by atoms with Crippen LogP contribution in [0.3, 0.4) is 0 Å². The summed E-state index contributed by atoms with van der Waals surface area (Å²) in [5.74, 6) is 0.911. The number of benzene rings is 1. The van der Waals surface area contributed by atoms with Gasteiger partial charge in [-0.3, -0.25) is 4.79 Å². The fraction of sp³-hybridized carbons (Fsp3) is 0.500. The molecule has 0 heterocycles. The molecule has 1 aromatic rings. The van der Waals surface area contributed by atoms with E-state index < -0.39 is 6.10 Å². The van der Waals surface area contributed by atoms with Gasteiger partial charge in [0.05, 0.1) is 13.2 Å². The predicted octanol–water partition coefficient (Wildman–Crippen LogP) is 1.69. The van der Waals surface area contributed by atoms with Crippen LogP contribution in [0.1, 0.15) is 31.7 Å². The summed E-state index contributed by atoms with van der Waals surface area (Å²) in [4.78, 5) is 11.6. The second kappa shape index (κ2) is 7.01. The van der Waals surface area contributed by atoms with Gasteiger partial charge in [-0.15, -0.1) is 0 Å². The van der Waals surface area contributed by atoms with Crippen LogP contribution in [0.4, 0.5) is 0 Å². The highest BCUT2D eigenvalue weighted by molar-refractivity contribution is 5.76. The topological polar surface area (TPSA) is 58.6 Å². The number of hydrogen-bond donors (Lipinski definition) is 2. The second-order valence-electron chi connectivity index (χ2n) is 4.53. The fourth-order valence-corrected chi connectivity index (χ4v) is 1.66. The van der Waals surface area contributed by atoms with Gasteiger partial charge in [-0.25, -0.2) is 0 Å². The Morgan fingerprint density at radius 2 is 1.94 bits per heavy atom. The lowest BCUT2D eigenvalue weighted by molar-refractivity contribution is -0.121. The van der Waals surface area contributed by atoms with E-state index in [1.807, 2.05) is 31.2 Å². The molecule has 0 aliphatic heterocycles. The summed E-state index contributed by atoms with van der Waals surface area (Å²) >= 11 is 0. The monoisotopic (exact) mass is 251 g/mol. The van der Waals surface area contributed by atoms with Crippen molar-refractivity contribution in [3.8, 4) is 5.75 Å². The van der Waals surface area contributed by atoms with Gasteiger partial charge >= 0.3 is 0 Å². The van der Waals surface area contributed by atoms with Crippen molar-refractivity contribution in [1.82, 2.24) is 5.32 Å². The van der Waals surface area contributed by atoms with Crippen molar-refractivity contribution >= 4 is 5.91 Å². The SMILES string of the molecule is COc1ccc(C(C)CC(=O)NCC(C)O)cc1. The fourth-order valence-electron chi connectivity index (χ4n) is 1.66. The minimum Gasteiger partial charge on any atom is -0.497 e. The van der Waals surface area contributed by atoms with Crippen molar-refractivity contribution in [3.63, 3.8) is 0 Å². The maximum absolute atomic E-state index is 11.6. The molecule has 0 aliphatic carbocycles. The Balaban J connectivity index is 2.48. The number of nitrogens with one attached hydrogen (secondary N) is 1. The average molecular weight is 251 g/mol. The number of ether oxygens (including phenoxy) is 1. The summed E-state index contributed by atoms with van der Waals surface area (Å²) in [6.45, 7) is 3.95. The molecule has 0 fully saturated rings. The Labute approximate surface area is 108 Å². The molecular weight excluding hydrogens is 230 g/mol. The third kappa shape index (κ3) is 4.75. The van der Waals surface area contributed by atoms with E-state index in [0.29, 0.717) is 13.0 Å². The molecule has 1 rings (SSSR count). The molecule has 0 radical (unpaired) electrons. The Morgan fingerprint density at radius 3 is 2.44 bits per heavy atom. The highest BCUT2D eigenvalue weighted by Gasteiger charge is 2.11. The second-order valence-corrected chi connectivity index (χ2v) is 4.53. The number of rotatable bonds is 6. The zero-order valence-electron chi connectivity index (χ0n) is 11.1. The largest absolute Gasteiger partial charge is 0.497 e. The molecule has 0 aromatic heterocycles. The van der Waals surface area contributed by atoms with Crippen molar-refractivity contribution in [3.05, 3.63) is 29.8 Å². The van der Waals surface area contributed by atoms with Crippen molar-refractivity contribution < 1.29 is 14.6 Å². The molecule has 2 N–H and O–H groups in total. The smallest absolute Gasteiger partial charge is 0.220 e. The molecule has 1 amide bonds. The molecule has 100 valence electrons. The van der Waals surface area contributed by atoms with Crippen molar-refractivity contribution in [1.29, 1.82) is 0 Å². The third-order valence-electron chi connectivity index (χ3n) is 2.77. The predicted molar refractivity (Wildman–Crippen MR) is 70.7 cm³/mol. The van der Waals surface area contributed by atoms with E-state index in [1.54, 1.807) is 14.0 Å². The first-order valence-electron chi connectivity index (χ1n) is 6.11. The molecule has 2 unspecified atom stereocenters. The van der Waals surface area contributed by atoms with Gasteiger partial charge in [-0.05, 0) is 30.5 Å². The van der Waals surface area contributed by atoms with Crippen LogP contribution in [0.5, 0.6) is 5.75 Å². The van der Waals surface area contributed by atoms with E-state index in [2.05, 4.69) is 5.32 Å². The van der Waals surface area contributed by atoms with Gasteiger partial charge in [0.2, 0.25) is 5.91 Å². The molecule has 0 aliphatic rings. The zero-order valence-corrected chi connectivity index (χ0v) is 11.1. The van der Waals surface area contributed by atoms with E-state index in [0.717, 1.165) is 11.3 Å². The standard InChI is InChI=1S/C14H21NO3/c1-10(8-14(17)15-9-11(2)16)12-4-6-13(18-3)7-5-12/h4-7,10-11,16H,8-9H2,1-3H3,(H,15,17). The van der Waals surface area contributed by atoms with Gasteiger partial charge in [0, 0.05) is 13.0 Å². The molecule has 0 spiro atoms. The van der Waals surface area contributed by atoms with Crippen molar-refractivity contribution in [2.24, 2.45) is 0 Å². The number of carbonyl (C=O) groups is 1. The molecule has 4 nitrogen and oxygen atoms in total. The summed E-state index contributed by atoms with van der Waals surface area (Å²) in [7, 11) is 1.63. The summed E-state index contributed by atoms with van der Waals surface area (Å²) in [6.07, 6.45) is -0.0933. The third-order valence-corrected chi connectivity index (χ3v) is 2.77. The quantitative estimate of drug-likeness (QED) is 0.809. The number of carbonyl (C=O) groups excluding carboxylic acids is 1. The molecule has 0 saturated heterocycles. The highest BCUT2D eigenvalue weighted by atomic mass is 16.5. The highest BCUT2D eigenvalue weighted by Crippen LogP contribution is 2.21. The van der Waals surface area contributed by atoms with Crippen molar-refractivity contribution in [2.45, 2.75) is 32.3 Å². The van der Waals surface area contributed by atoms with Crippen LogP contribution in [0.15, 0.2) is 24.3 Å². The van der Waals surface area contributed by atoms with Gasteiger partial charge in [0.15, 0.2) is 0 Å². The average Bonchev–Trinajstić information content (AvgIpc) is 2.36. The van der Waals surface area contributed by atoms with Crippen LogP contribution in [-0.2, 0) is 4.79 Å².